The van der Waals surface area contributed by atoms with E-state index in [2.05, 4.69) is 205 Å². The van der Waals surface area contributed by atoms with Crippen molar-refractivity contribution in [3.63, 3.8) is 0 Å². The average Bonchev–Trinajstić information content (AvgIpc) is 3.89. The van der Waals surface area contributed by atoms with E-state index < -0.39 is 0 Å². The molecule has 3 nitrogen and oxygen atoms in total. The number of nitrogens with zero attached hydrogens (tertiary/aromatic N) is 1. The summed E-state index contributed by atoms with van der Waals surface area (Å²) in [5, 5.41) is 9.26. The lowest BCUT2D eigenvalue weighted by atomic mass is 9.95. The minimum Gasteiger partial charge on any atom is -0.456 e. The van der Waals surface area contributed by atoms with Gasteiger partial charge in [-0.25, -0.2) is 0 Å². The zero-order valence-electron chi connectivity index (χ0n) is 32.0. The molecule has 0 fully saturated rings. The monoisotopic (exact) mass is 753 g/mol. The summed E-state index contributed by atoms with van der Waals surface area (Å²) in [5.74, 6) is 0. The van der Waals surface area contributed by atoms with E-state index in [1.807, 2.05) is 12.1 Å². The van der Waals surface area contributed by atoms with E-state index in [1.54, 1.807) is 0 Å². The molecule has 0 aliphatic carbocycles. The second-order valence-corrected chi connectivity index (χ2v) is 15.2. The standard InChI is InChI=1S/C56H35NO2/c1-3-15-42-36(12-1)14-9-19-43(42)38-26-31-40(32-27-38)57(50-22-7-5-17-46(50)47-21-11-24-52-55(47)48-18-6-8-23-51(48)58-52)41-33-28-39(29-34-41)44-20-10-25-53-54(44)49-35-30-37-13-2-4-16-45(37)56(49)59-53/h1-35H. The van der Waals surface area contributed by atoms with Gasteiger partial charge in [-0.15, -0.1) is 0 Å². The molecule has 0 amide bonds. The highest BCUT2D eigenvalue weighted by Crippen LogP contribution is 2.46. The highest BCUT2D eigenvalue weighted by Gasteiger charge is 2.21. The van der Waals surface area contributed by atoms with Crippen LogP contribution in [0.25, 0.3) is 98.8 Å². The Morgan fingerprint density at radius 1 is 0.288 bits per heavy atom. The van der Waals surface area contributed by atoms with Crippen LogP contribution >= 0.6 is 0 Å². The quantitative estimate of drug-likeness (QED) is 0.169. The van der Waals surface area contributed by atoms with Gasteiger partial charge < -0.3 is 13.7 Å². The molecule has 12 rings (SSSR count). The van der Waals surface area contributed by atoms with E-state index >= 15 is 0 Å². The van der Waals surface area contributed by atoms with Gasteiger partial charge in [-0.1, -0.05) is 158 Å². The predicted molar refractivity (Wildman–Crippen MR) is 247 cm³/mol. The fourth-order valence-electron chi connectivity index (χ4n) is 9.17. The summed E-state index contributed by atoms with van der Waals surface area (Å²) in [5.41, 5.74) is 13.7. The number of fused-ring (bicyclic) bond motifs is 9. The zero-order valence-corrected chi connectivity index (χ0v) is 32.0. The molecule has 0 N–H and O–H groups in total. The van der Waals surface area contributed by atoms with Crippen molar-refractivity contribution in [2.24, 2.45) is 0 Å². The largest absolute Gasteiger partial charge is 0.456 e. The summed E-state index contributed by atoms with van der Waals surface area (Å²) in [4.78, 5) is 2.38. The number of para-hydroxylation sites is 2. The van der Waals surface area contributed by atoms with Crippen molar-refractivity contribution in [2.75, 3.05) is 4.90 Å². The molecule has 276 valence electrons. The Hall–Kier alpha value is -7.88. The van der Waals surface area contributed by atoms with E-state index in [1.165, 1.54) is 27.3 Å². The summed E-state index contributed by atoms with van der Waals surface area (Å²) >= 11 is 0. The van der Waals surface area contributed by atoms with Crippen molar-refractivity contribution in [1.82, 2.24) is 0 Å². The highest BCUT2D eigenvalue weighted by molar-refractivity contribution is 6.19. The van der Waals surface area contributed by atoms with Crippen LogP contribution in [0, 0.1) is 0 Å². The number of rotatable bonds is 6. The van der Waals surface area contributed by atoms with Crippen molar-refractivity contribution in [3.05, 3.63) is 212 Å². The number of furan rings is 2. The number of benzene rings is 10. The van der Waals surface area contributed by atoms with E-state index in [0.29, 0.717) is 0 Å². The summed E-state index contributed by atoms with van der Waals surface area (Å²) in [6.45, 7) is 0. The summed E-state index contributed by atoms with van der Waals surface area (Å²) in [7, 11) is 0. The Bertz CT molecular complexity index is 3550. The second-order valence-electron chi connectivity index (χ2n) is 15.2. The average molecular weight is 754 g/mol. The van der Waals surface area contributed by atoms with Gasteiger partial charge >= 0.3 is 0 Å². The van der Waals surface area contributed by atoms with Crippen LogP contribution in [0.3, 0.4) is 0 Å². The molecule has 0 radical (unpaired) electrons. The van der Waals surface area contributed by atoms with Crippen LogP contribution in [0.5, 0.6) is 0 Å². The second kappa shape index (κ2) is 13.4. The SMILES string of the molecule is c1ccc(N(c2ccc(-c3cccc4ccccc34)cc2)c2ccc(-c3cccc4oc5c6ccccc6ccc5c34)cc2)c(-c2cccc3oc4ccccc4c23)c1. The first-order chi connectivity index (χ1) is 29.3. The molecule has 3 heteroatoms. The van der Waals surface area contributed by atoms with Gasteiger partial charge in [0, 0.05) is 43.9 Å². The van der Waals surface area contributed by atoms with Crippen molar-refractivity contribution in [2.45, 2.75) is 0 Å². The Labute approximate surface area is 340 Å². The molecule has 0 spiro atoms. The molecule has 0 aliphatic rings. The normalized spacial score (nSPS) is 11.7. The lowest BCUT2D eigenvalue weighted by Gasteiger charge is -2.28. The van der Waals surface area contributed by atoms with Crippen LogP contribution in [-0.2, 0) is 0 Å². The van der Waals surface area contributed by atoms with Crippen LogP contribution < -0.4 is 4.90 Å². The fraction of sp³-hybridized carbons (Fsp3) is 0. The van der Waals surface area contributed by atoms with Crippen LogP contribution in [0.2, 0.25) is 0 Å². The smallest absolute Gasteiger partial charge is 0.143 e. The van der Waals surface area contributed by atoms with Crippen molar-refractivity contribution >= 4 is 82.5 Å². The minimum absolute atomic E-state index is 0.878. The highest BCUT2D eigenvalue weighted by atomic mass is 16.3. The predicted octanol–water partition coefficient (Wildman–Crippen LogP) is 16.3. The summed E-state index contributed by atoms with van der Waals surface area (Å²) in [6, 6.07) is 75.7. The van der Waals surface area contributed by atoms with Crippen LogP contribution in [0.1, 0.15) is 0 Å². The molecular formula is C56H35NO2. The lowest BCUT2D eigenvalue weighted by Crippen LogP contribution is -2.11. The first-order valence-corrected chi connectivity index (χ1v) is 20.1. The Morgan fingerprint density at radius 3 is 1.58 bits per heavy atom. The van der Waals surface area contributed by atoms with Crippen molar-refractivity contribution in [3.8, 4) is 33.4 Å². The molecule has 0 saturated carbocycles. The Balaban J connectivity index is 1.03. The molecule has 2 aromatic heterocycles. The Kier molecular flexibility index (Phi) is 7.54. The molecule has 59 heavy (non-hydrogen) atoms. The Morgan fingerprint density at radius 2 is 0.797 bits per heavy atom. The third-order valence-corrected chi connectivity index (χ3v) is 11.9. The van der Waals surface area contributed by atoms with Gasteiger partial charge in [0.25, 0.3) is 0 Å². The maximum absolute atomic E-state index is 6.56. The molecule has 12 aromatic rings. The van der Waals surface area contributed by atoms with E-state index in [0.717, 1.165) is 88.6 Å². The van der Waals surface area contributed by atoms with Gasteiger partial charge in [0.2, 0.25) is 0 Å². The molecule has 10 aromatic carbocycles. The molecule has 0 unspecified atom stereocenters. The maximum atomic E-state index is 6.56. The van der Waals surface area contributed by atoms with Crippen molar-refractivity contribution in [1.29, 1.82) is 0 Å². The number of hydrogen-bond donors (Lipinski definition) is 0. The number of hydrogen-bond acceptors (Lipinski definition) is 3. The number of anilines is 3. The van der Waals surface area contributed by atoms with Crippen molar-refractivity contribution < 1.29 is 8.83 Å². The maximum Gasteiger partial charge on any atom is 0.143 e. The third-order valence-electron chi connectivity index (χ3n) is 11.9. The van der Waals surface area contributed by atoms with Gasteiger partial charge in [-0.05, 0) is 98.6 Å². The molecular weight excluding hydrogens is 719 g/mol. The third kappa shape index (κ3) is 5.36. The lowest BCUT2D eigenvalue weighted by molar-refractivity contribution is 0.669. The first-order valence-electron chi connectivity index (χ1n) is 20.1. The van der Waals surface area contributed by atoms with E-state index in [-0.39, 0.29) is 0 Å². The van der Waals surface area contributed by atoms with Gasteiger partial charge in [0.1, 0.15) is 22.3 Å². The topological polar surface area (TPSA) is 29.5 Å². The molecule has 0 aliphatic heterocycles. The van der Waals surface area contributed by atoms with E-state index in [4.69, 9.17) is 8.83 Å². The summed E-state index contributed by atoms with van der Waals surface area (Å²) < 4.78 is 12.9. The first kappa shape index (κ1) is 33.3. The van der Waals surface area contributed by atoms with Gasteiger partial charge in [-0.3, -0.25) is 0 Å². The molecule has 0 atom stereocenters. The molecule has 0 bridgehead atoms. The van der Waals surface area contributed by atoms with Gasteiger partial charge in [0.05, 0.1) is 5.69 Å². The fourth-order valence-corrected chi connectivity index (χ4v) is 9.17. The molecule has 0 saturated heterocycles. The van der Waals surface area contributed by atoms with Crippen LogP contribution in [0.4, 0.5) is 17.1 Å². The zero-order chi connectivity index (χ0) is 38.9. The minimum atomic E-state index is 0.878. The van der Waals surface area contributed by atoms with Crippen LogP contribution in [-0.4, -0.2) is 0 Å². The van der Waals surface area contributed by atoms with Gasteiger partial charge in [0.15, 0.2) is 0 Å². The van der Waals surface area contributed by atoms with Crippen LogP contribution in [0.15, 0.2) is 221 Å². The van der Waals surface area contributed by atoms with Gasteiger partial charge in [-0.2, -0.15) is 0 Å². The molecule has 2 heterocycles. The summed E-state index contributed by atoms with van der Waals surface area (Å²) in [6.07, 6.45) is 0. The van der Waals surface area contributed by atoms with E-state index in [9.17, 15) is 0 Å².